The first-order chi connectivity index (χ1) is 10.5. The Hall–Kier alpha value is -1.14. The van der Waals surface area contributed by atoms with Gasteiger partial charge in [0.25, 0.3) is 0 Å². The van der Waals surface area contributed by atoms with Crippen LogP contribution in [0.25, 0.3) is 0 Å². The summed E-state index contributed by atoms with van der Waals surface area (Å²) >= 11 is 0. The van der Waals surface area contributed by atoms with Gasteiger partial charge in [0, 0.05) is 45.2 Å². The standard InChI is InChI=1S/C16H28N4O2/c1-18(2)5-6-19-9-12(7-15(19)21)16(22)20-8-11-3-4-14(17)13(11)10-20/h11-14H,3-10,17H2,1-2H3. The fourth-order valence-electron chi connectivity index (χ4n) is 4.22. The van der Waals surface area contributed by atoms with Crippen molar-refractivity contribution in [2.75, 3.05) is 46.8 Å². The monoisotopic (exact) mass is 308 g/mol. The van der Waals surface area contributed by atoms with E-state index < -0.39 is 0 Å². The molecule has 2 N–H and O–H groups in total. The summed E-state index contributed by atoms with van der Waals surface area (Å²) in [6, 6.07) is 0.254. The maximum atomic E-state index is 12.7. The first-order valence-electron chi connectivity index (χ1n) is 8.42. The number of hydrogen-bond acceptors (Lipinski definition) is 4. The summed E-state index contributed by atoms with van der Waals surface area (Å²) < 4.78 is 0. The van der Waals surface area contributed by atoms with E-state index in [1.165, 1.54) is 0 Å². The van der Waals surface area contributed by atoms with Crippen molar-refractivity contribution < 1.29 is 9.59 Å². The van der Waals surface area contributed by atoms with Crippen molar-refractivity contribution >= 4 is 11.8 Å². The van der Waals surface area contributed by atoms with Gasteiger partial charge in [0.05, 0.1) is 5.92 Å². The van der Waals surface area contributed by atoms with Crippen molar-refractivity contribution in [1.29, 1.82) is 0 Å². The molecule has 6 nitrogen and oxygen atoms in total. The molecule has 0 spiro atoms. The Kier molecular flexibility index (Phi) is 4.41. The van der Waals surface area contributed by atoms with Gasteiger partial charge in [-0.1, -0.05) is 0 Å². The minimum atomic E-state index is -0.148. The van der Waals surface area contributed by atoms with E-state index in [2.05, 4.69) is 4.90 Å². The fourth-order valence-corrected chi connectivity index (χ4v) is 4.22. The third-order valence-electron chi connectivity index (χ3n) is 5.60. The van der Waals surface area contributed by atoms with Crippen LogP contribution in [0.2, 0.25) is 0 Å². The molecule has 0 radical (unpaired) electrons. The lowest BCUT2D eigenvalue weighted by Crippen LogP contribution is -2.38. The molecular weight excluding hydrogens is 280 g/mol. The number of rotatable bonds is 4. The highest BCUT2D eigenvalue weighted by Gasteiger charge is 2.45. The molecule has 3 aliphatic rings. The van der Waals surface area contributed by atoms with E-state index in [4.69, 9.17) is 5.73 Å². The van der Waals surface area contributed by atoms with E-state index in [0.717, 1.165) is 32.5 Å². The van der Waals surface area contributed by atoms with Gasteiger partial charge < -0.3 is 20.4 Å². The number of nitrogens with zero attached hydrogens (tertiary/aromatic N) is 3. The zero-order chi connectivity index (χ0) is 15.9. The summed E-state index contributed by atoms with van der Waals surface area (Å²) in [6.07, 6.45) is 2.62. The number of carbonyl (C=O) groups excluding carboxylic acids is 2. The predicted molar refractivity (Wildman–Crippen MR) is 84.0 cm³/mol. The molecule has 0 aromatic heterocycles. The smallest absolute Gasteiger partial charge is 0.228 e. The van der Waals surface area contributed by atoms with E-state index in [1.54, 1.807) is 0 Å². The van der Waals surface area contributed by atoms with Crippen molar-refractivity contribution in [2.24, 2.45) is 23.5 Å². The van der Waals surface area contributed by atoms with Gasteiger partial charge in [-0.2, -0.15) is 0 Å². The van der Waals surface area contributed by atoms with Crippen LogP contribution in [0.5, 0.6) is 0 Å². The second kappa shape index (κ2) is 6.16. The molecular formula is C16H28N4O2. The molecule has 4 unspecified atom stereocenters. The molecule has 1 saturated carbocycles. The van der Waals surface area contributed by atoms with Crippen LogP contribution in [-0.2, 0) is 9.59 Å². The van der Waals surface area contributed by atoms with Crippen LogP contribution >= 0.6 is 0 Å². The number of nitrogens with two attached hydrogens (primary N) is 1. The normalized spacial score (nSPS) is 34.8. The number of carbonyl (C=O) groups is 2. The summed E-state index contributed by atoms with van der Waals surface area (Å²) in [5, 5.41) is 0. The Bertz CT molecular complexity index is 453. The van der Waals surface area contributed by atoms with Crippen LogP contribution in [0.3, 0.4) is 0 Å². The van der Waals surface area contributed by atoms with Gasteiger partial charge in [0.2, 0.25) is 11.8 Å². The highest BCUT2D eigenvalue weighted by atomic mass is 16.2. The Labute approximate surface area is 132 Å². The van der Waals surface area contributed by atoms with Crippen LogP contribution in [0, 0.1) is 17.8 Å². The second-order valence-corrected chi connectivity index (χ2v) is 7.45. The Morgan fingerprint density at radius 2 is 2.05 bits per heavy atom. The average Bonchev–Trinajstić information content (AvgIpc) is 3.13. The van der Waals surface area contributed by atoms with E-state index in [9.17, 15) is 9.59 Å². The predicted octanol–water partition coefficient (Wildman–Crippen LogP) is -0.408. The second-order valence-electron chi connectivity index (χ2n) is 7.45. The number of likely N-dealkylation sites (N-methyl/N-ethyl adjacent to an activating group) is 1. The number of fused-ring (bicyclic) bond motifs is 1. The van der Waals surface area contributed by atoms with E-state index in [-0.39, 0.29) is 23.8 Å². The van der Waals surface area contributed by atoms with E-state index >= 15 is 0 Å². The maximum Gasteiger partial charge on any atom is 0.228 e. The van der Waals surface area contributed by atoms with E-state index in [0.29, 0.717) is 31.3 Å². The van der Waals surface area contributed by atoms with E-state index in [1.807, 2.05) is 23.9 Å². The van der Waals surface area contributed by atoms with Crippen LogP contribution in [0.4, 0.5) is 0 Å². The molecule has 0 aromatic rings. The summed E-state index contributed by atoms with van der Waals surface area (Å²) in [6.45, 7) is 3.79. The number of likely N-dealkylation sites (tertiary alicyclic amines) is 2. The quantitative estimate of drug-likeness (QED) is 0.767. The number of hydrogen-bond donors (Lipinski definition) is 1. The molecule has 2 amide bonds. The zero-order valence-corrected chi connectivity index (χ0v) is 13.7. The lowest BCUT2D eigenvalue weighted by molar-refractivity contribution is -0.135. The maximum absolute atomic E-state index is 12.7. The zero-order valence-electron chi connectivity index (χ0n) is 13.7. The lowest BCUT2D eigenvalue weighted by Gasteiger charge is -2.23. The van der Waals surface area contributed by atoms with Crippen LogP contribution in [0.15, 0.2) is 0 Å². The molecule has 2 heterocycles. The first-order valence-corrected chi connectivity index (χ1v) is 8.42. The van der Waals surface area contributed by atoms with Gasteiger partial charge in [0.15, 0.2) is 0 Å². The highest BCUT2D eigenvalue weighted by Crippen LogP contribution is 2.38. The minimum Gasteiger partial charge on any atom is -0.342 e. The molecule has 22 heavy (non-hydrogen) atoms. The summed E-state index contributed by atoms with van der Waals surface area (Å²) in [5.41, 5.74) is 6.14. The Morgan fingerprint density at radius 1 is 1.27 bits per heavy atom. The average molecular weight is 308 g/mol. The molecule has 124 valence electrons. The molecule has 6 heteroatoms. The van der Waals surface area contributed by atoms with Gasteiger partial charge in [0.1, 0.15) is 0 Å². The molecule has 0 bridgehead atoms. The van der Waals surface area contributed by atoms with Crippen LogP contribution in [-0.4, -0.2) is 79.4 Å². The lowest BCUT2D eigenvalue weighted by atomic mass is 9.98. The largest absolute Gasteiger partial charge is 0.342 e. The third kappa shape index (κ3) is 2.99. The van der Waals surface area contributed by atoms with Gasteiger partial charge in [-0.05, 0) is 38.8 Å². The van der Waals surface area contributed by atoms with Crippen molar-refractivity contribution in [3.63, 3.8) is 0 Å². The first kappa shape index (κ1) is 15.7. The van der Waals surface area contributed by atoms with Crippen molar-refractivity contribution in [2.45, 2.75) is 25.3 Å². The molecule has 2 saturated heterocycles. The molecule has 0 aromatic carbocycles. The topological polar surface area (TPSA) is 69.9 Å². The van der Waals surface area contributed by atoms with Crippen LogP contribution < -0.4 is 5.73 Å². The fraction of sp³-hybridized carbons (Fsp3) is 0.875. The highest BCUT2D eigenvalue weighted by molar-refractivity contribution is 5.89. The van der Waals surface area contributed by atoms with Gasteiger partial charge >= 0.3 is 0 Å². The molecule has 2 aliphatic heterocycles. The van der Waals surface area contributed by atoms with Crippen molar-refractivity contribution in [1.82, 2.24) is 14.7 Å². The molecule has 1 aliphatic carbocycles. The molecule has 4 atom stereocenters. The molecule has 3 fully saturated rings. The SMILES string of the molecule is CN(C)CCN1CC(C(=O)N2CC3CCC(N)C3C2)CC1=O. The molecule has 3 rings (SSSR count). The van der Waals surface area contributed by atoms with Gasteiger partial charge in [-0.15, -0.1) is 0 Å². The van der Waals surface area contributed by atoms with Gasteiger partial charge in [-0.3, -0.25) is 9.59 Å². The van der Waals surface area contributed by atoms with Gasteiger partial charge in [-0.25, -0.2) is 0 Å². The third-order valence-corrected chi connectivity index (χ3v) is 5.60. The summed E-state index contributed by atoms with van der Waals surface area (Å²) in [7, 11) is 3.99. The summed E-state index contributed by atoms with van der Waals surface area (Å²) in [5.74, 6) is 1.20. The summed E-state index contributed by atoms with van der Waals surface area (Å²) in [4.78, 5) is 30.7. The van der Waals surface area contributed by atoms with Crippen LogP contribution in [0.1, 0.15) is 19.3 Å². The van der Waals surface area contributed by atoms with Crippen molar-refractivity contribution in [3.05, 3.63) is 0 Å². The number of amides is 2. The van der Waals surface area contributed by atoms with Crippen molar-refractivity contribution in [3.8, 4) is 0 Å². The Morgan fingerprint density at radius 3 is 2.73 bits per heavy atom. The minimum absolute atomic E-state index is 0.122. The Balaban J connectivity index is 1.54.